The Morgan fingerprint density at radius 2 is 2.00 bits per heavy atom. The molecule has 0 spiro atoms. The van der Waals surface area contributed by atoms with Gasteiger partial charge in [0.1, 0.15) is 0 Å². The van der Waals surface area contributed by atoms with E-state index in [0.717, 1.165) is 25.7 Å². The molecule has 1 aliphatic heterocycles. The second kappa shape index (κ2) is 6.73. The lowest BCUT2D eigenvalue weighted by molar-refractivity contribution is -0.0496. The van der Waals surface area contributed by atoms with Crippen molar-refractivity contribution < 1.29 is 9.84 Å². The van der Waals surface area contributed by atoms with Crippen LogP contribution in [0.3, 0.4) is 0 Å². The van der Waals surface area contributed by atoms with Gasteiger partial charge in [-0.25, -0.2) is 0 Å². The molecule has 116 valence electrons. The van der Waals surface area contributed by atoms with Gasteiger partial charge in [-0.2, -0.15) is 0 Å². The van der Waals surface area contributed by atoms with Crippen LogP contribution in [0.2, 0.25) is 0 Å². The Bertz CT molecular complexity index is 301. The number of hydrogen-bond donors (Lipinski definition) is 2. The highest BCUT2D eigenvalue weighted by Crippen LogP contribution is 2.38. The summed E-state index contributed by atoms with van der Waals surface area (Å²) >= 11 is 0. The number of rotatable bonds is 6. The number of ether oxygens (including phenoxy) is 1. The van der Waals surface area contributed by atoms with Crippen LogP contribution in [0.1, 0.15) is 44.9 Å². The molecule has 2 saturated carbocycles. The monoisotopic (exact) mass is 282 g/mol. The first kappa shape index (κ1) is 14.8. The maximum absolute atomic E-state index is 9.57. The minimum absolute atomic E-state index is 0.212. The topological polar surface area (TPSA) is 44.7 Å². The number of nitrogens with one attached hydrogen (secondary N) is 1. The van der Waals surface area contributed by atoms with E-state index in [0.29, 0.717) is 12.0 Å². The van der Waals surface area contributed by atoms with Crippen LogP contribution in [0.15, 0.2) is 0 Å². The van der Waals surface area contributed by atoms with E-state index in [1.165, 1.54) is 51.5 Å². The van der Waals surface area contributed by atoms with Gasteiger partial charge < -0.3 is 15.2 Å². The summed E-state index contributed by atoms with van der Waals surface area (Å²) < 4.78 is 5.52. The highest BCUT2D eigenvalue weighted by molar-refractivity contribution is 4.93. The number of morpholine rings is 1. The fourth-order valence-corrected chi connectivity index (χ4v) is 3.84. The summed E-state index contributed by atoms with van der Waals surface area (Å²) in [5.74, 6) is 0. The van der Waals surface area contributed by atoms with Gasteiger partial charge in [-0.3, -0.25) is 4.90 Å². The third-order valence-corrected chi connectivity index (χ3v) is 5.36. The number of aliphatic hydroxyl groups excluding tert-OH is 1. The van der Waals surface area contributed by atoms with Crippen molar-refractivity contribution >= 4 is 0 Å². The van der Waals surface area contributed by atoms with E-state index in [1.54, 1.807) is 0 Å². The molecule has 3 aliphatic rings. The first-order chi connectivity index (χ1) is 9.81. The highest BCUT2D eigenvalue weighted by Gasteiger charge is 2.37. The van der Waals surface area contributed by atoms with E-state index in [-0.39, 0.29) is 12.6 Å². The fourth-order valence-electron chi connectivity index (χ4n) is 3.84. The first-order valence-corrected chi connectivity index (χ1v) is 8.47. The van der Waals surface area contributed by atoms with E-state index in [1.807, 2.05) is 0 Å². The Morgan fingerprint density at radius 3 is 2.70 bits per heavy atom. The van der Waals surface area contributed by atoms with Crippen molar-refractivity contribution in [3.05, 3.63) is 0 Å². The van der Waals surface area contributed by atoms with E-state index in [2.05, 4.69) is 10.2 Å². The number of nitrogens with zero attached hydrogens (tertiary/aromatic N) is 1. The van der Waals surface area contributed by atoms with Gasteiger partial charge in [0.25, 0.3) is 0 Å². The lowest BCUT2D eigenvalue weighted by atomic mass is 9.73. The number of hydrogen-bond acceptors (Lipinski definition) is 4. The molecule has 0 bridgehead atoms. The molecule has 2 aliphatic carbocycles. The molecule has 0 aromatic carbocycles. The smallest absolute Gasteiger partial charge is 0.0644 e. The molecule has 3 rings (SSSR count). The van der Waals surface area contributed by atoms with Crippen LogP contribution < -0.4 is 5.32 Å². The molecule has 2 N–H and O–H groups in total. The standard InChI is InChI=1S/C16H30N2O2/c19-10-15-11-20-9-8-18(15)13-16(6-2-1-3-7-16)12-17-14-4-5-14/h14-15,17,19H,1-13H2. The Morgan fingerprint density at radius 1 is 1.20 bits per heavy atom. The molecule has 0 amide bonds. The van der Waals surface area contributed by atoms with Gasteiger partial charge in [0, 0.05) is 25.7 Å². The van der Waals surface area contributed by atoms with E-state index >= 15 is 0 Å². The van der Waals surface area contributed by atoms with Crippen molar-refractivity contribution in [1.29, 1.82) is 0 Å². The van der Waals surface area contributed by atoms with Gasteiger partial charge in [-0.05, 0) is 31.1 Å². The summed E-state index contributed by atoms with van der Waals surface area (Å²) in [6.45, 7) is 5.04. The van der Waals surface area contributed by atoms with Crippen molar-refractivity contribution in [2.24, 2.45) is 5.41 Å². The fraction of sp³-hybridized carbons (Fsp3) is 1.00. The van der Waals surface area contributed by atoms with Crippen LogP contribution in [0.5, 0.6) is 0 Å². The van der Waals surface area contributed by atoms with Crippen LogP contribution in [0.25, 0.3) is 0 Å². The summed E-state index contributed by atoms with van der Waals surface area (Å²) in [4.78, 5) is 2.49. The van der Waals surface area contributed by atoms with Crippen molar-refractivity contribution in [3.8, 4) is 0 Å². The Kier molecular flexibility index (Phi) is 4.97. The zero-order chi connectivity index (χ0) is 13.8. The van der Waals surface area contributed by atoms with E-state index in [9.17, 15) is 5.11 Å². The predicted molar refractivity (Wildman–Crippen MR) is 79.8 cm³/mol. The molecule has 1 heterocycles. The lowest BCUT2D eigenvalue weighted by Crippen LogP contribution is -2.54. The van der Waals surface area contributed by atoms with Crippen LogP contribution >= 0.6 is 0 Å². The molecular formula is C16H30N2O2. The quantitative estimate of drug-likeness (QED) is 0.772. The first-order valence-electron chi connectivity index (χ1n) is 8.47. The second-order valence-electron chi connectivity index (χ2n) is 7.10. The van der Waals surface area contributed by atoms with Gasteiger partial charge in [-0.15, -0.1) is 0 Å². The van der Waals surface area contributed by atoms with Gasteiger partial charge in [0.05, 0.1) is 25.9 Å². The maximum Gasteiger partial charge on any atom is 0.0644 e. The molecule has 4 nitrogen and oxygen atoms in total. The van der Waals surface area contributed by atoms with Crippen LogP contribution in [0.4, 0.5) is 0 Å². The van der Waals surface area contributed by atoms with Crippen molar-refractivity contribution in [2.75, 3.05) is 39.5 Å². The molecule has 1 saturated heterocycles. The zero-order valence-corrected chi connectivity index (χ0v) is 12.6. The van der Waals surface area contributed by atoms with Crippen LogP contribution in [-0.4, -0.2) is 61.5 Å². The molecular weight excluding hydrogens is 252 g/mol. The Hall–Kier alpha value is -0.160. The van der Waals surface area contributed by atoms with Gasteiger partial charge in [0.15, 0.2) is 0 Å². The van der Waals surface area contributed by atoms with Gasteiger partial charge in [-0.1, -0.05) is 19.3 Å². The third kappa shape index (κ3) is 3.73. The number of aliphatic hydroxyl groups is 1. The summed E-state index contributed by atoms with van der Waals surface area (Å²) in [5.41, 5.74) is 0.436. The SMILES string of the molecule is OCC1COCCN1CC1(CNC2CC2)CCCCC1. The minimum Gasteiger partial charge on any atom is -0.395 e. The summed E-state index contributed by atoms with van der Waals surface area (Å²) in [7, 11) is 0. The van der Waals surface area contributed by atoms with Gasteiger partial charge in [0.2, 0.25) is 0 Å². The minimum atomic E-state index is 0.212. The lowest BCUT2D eigenvalue weighted by Gasteiger charge is -2.45. The van der Waals surface area contributed by atoms with E-state index in [4.69, 9.17) is 4.74 Å². The van der Waals surface area contributed by atoms with Crippen LogP contribution in [0, 0.1) is 5.41 Å². The Labute approximate surface area is 122 Å². The molecule has 3 fully saturated rings. The van der Waals surface area contributed by atoms with E-state index < -0.39 is 0 Å². The van der Waals surface area contributed by atoms with Crippen molar-refractivity contribution in [2.45, 2.75) is 57.0 Å². The second-order valence-corrected chi connectivity index (χ2v) is 7.10. The summed E-state index contributed by atoms with van der Waals surface area (Å²) in [6, 6.07) is 1.01. The molecule has 0 aromatic rings. The summed E-state index contributed by atoms with van der Waals surface area (Å²) in [6.07, 6.45) is 9.59. The molecule has 1 unspecified atom stereocenters. The molecule has 20 heavy (non-hydrogen) atoms. The normalized spacial score (nSPS) is 31.4. The van der Waals surface area contributed by atoms with Crippen molar-refractivity contribution in [3.63, 3.8) is 0 Å². The predicted octanol–water partition coefficient (Wildman–Crippen LogP) is 1.38. The zero-order valence-electron chi connectivity index (χ0n) is 12.6. The summed E-state index contributed by atoms with van der Waals surface area (Å²) in [5, 5.41) is 13.3. The molecule has 1 atom stereocenters. The largest absolute Gasteiger partial charge is 0.395 e. The Balaban J connectivity index is 1.61. The highest BCUT2D eigenvalue weighted by atomic mass is 16.5. The molecule has 4 heteroatoms. The van der Waals surface area contributed by atoms with Gasteiger partial charge >= 0.3 is 0 Å². The molecule has 0 radical (unpaired) electrons. The molecule has 0 aromatic heterocycles. The average Bonchev–Trinajstić information content (AvgIpc) is 3.31. The third-order valence-electron chi connectivity index (χ3n) is 5.36. The average molecular weight is 282 g/mol. The maximum atomic E-state index is 9.57. The van der Waals surface area contributed by atoms with Crippen LogP contribution in [-0.2, 0) is 4.74 Å². The van der Waals surface area contributed by atoms with Crippen molar-refractivity contribution in [1.82, 2.24) is 10.2 Å².